The quantitative estimate of drug-likeness (QED) is 0.772. The number of nitrogens with one attached hydrogen (secondary N) is 1. The summed E-state index contributed by atoms with van der Waals surface area (Å²) in [5.74, 6) is -0.0931. The van der Waals surface area contributed by atoms with Gasteiger partial charge < -0.3 is 4.98 Å². The van der Waals surface area contributed by atoms with E-state index in [1.807, 2.05) is 0 Å². The number of aromatic nitrogens is 2. The second kappa shape index (κ2) is 5.62. The predicted molar refractivity (Wildman–Crippen MR) is 84.3 cm³/mol. The minimum atomic E-state index is -4.44. The minimum Gasteiger partial charge on any atom is -0.353 e. The summed E-state index contributed by atoms with van der Waals surface area (Å²) >= 11 is 0. The Hall–Kier alpha value is -2.35. The Morgan fingerprint density at radius 1 is 1.17 bits per heavy atom. The molecule has 0 spiro atoms. The van der Waals surface area contributed by atoms with Gasteiger partial charge in [0.1, 0.15) is 5.69 Å². The van der Waals surface area contributed by atoms with Crippen molar-refractivity contribution in [2.45, 2.75) is 18.0 Å². The van der Waals surface area contributed by atoms with Gasteiger partial charge in [-0.15, -0.1) is 0 Å². The highest BCUT2D eigenvalue weighted by Crippen LogP contribution is 2.33. The number of H-pyrrole nitrogens is 1. The number of halogens is 3. The van der Waals surface area contributed by atoms with E-state index in [1.54, 1.807) is 0 Å². The molecule has 0 unspecified atom stereocenters. The Kier molecular flexibility index (Phi) is 3.87. The number of sulfone groups is 1. The summed E-state index contributed by atoms with van der Waals surface area (Å²) in [6.07, 6.45) is -3.00. The van der Waals surface area contributed by atoms with E-state index in [0.29, 0.717) is 16.6 Å². The maximum absolute atomic E-state index is 12.8. The maximum atomic E-state index is 12.8. The molecule has 0 fully saturated rings. The number of hydrogen-bond donors (Lipinski definition) is 1. The number of alkyl halides is 3. The molecule has 24 heavy (non-hydrogen) atoms. The zero-order valence-electron chi connectivity index (χ0n) is 12.6. The lowest BCUT2D eigenvalue weighted by atomic mass is 10.1. The highest BCUT2D eigenvalue weighted by atomic mass is 32.2. The third-order valence-electron chi connectivity index (χ3n) is 3.69. The van der Waals surface area contributed by atoms with Gasteiger partial charge in [0.25, 0.3) is 0 Å². The first-order valence-electron chi connectivity index (χ1n) is 7.10. The van der Waals surface area contributed by atoms with Crippen molar-refractivity contribution in [2.75, 3.05) is 5.75 Å². The van der Waals surface area contributed by atoms with Gasteiger partial charge >= 0.3 is 6.18 Å². The van der Waals surface area contributed by atoms with Crippen LogP contribution in [0.15, 0.2) is 47.5 Å². The molecule has 0 aliphatic carbocycles. The van der Waals surface area contributed by atoms with Crippen LogP contribution in [0.5, 0.6) is 0 Å². The third kappa shape index (κ3) is 2.89. The lowest BCUT2D eigenvalue weighted by Gasteiger charge is -2.06. The summed E-state index contributed by atoms with van der Waals surface area (Å²) in [5, 5.41) is 0.338. The fourth-order valence-corrected chi connectivity index (χ4v) is 3.49. The molecule has 1 N–H and O–H groups in total. The van der Waals surface area contributed by atoms with Gasteiger partial charge in [-0.2, -0.15) is 13.2 Å². The van der Waals surface area contributed by atoms with Crippen LogP contribution in [0.3, 0.4) is 0 Å². The Labute approximate surface area is 136 Å². The Bertz CT molecular complexity index is 1010. The molecule has 0 aliphatic heterocycles. The summed E-state index contributed by atoms with van der Waals surface area (Å²) in [5.41, 5.74) is 0.271. The highest BCUT2D eigenvalue weighted by Gasteiger charge is 2.30. The van der Waals surface area contributed by atoms with Gasteiger partial charge in [-0.05, 0) is 36.4 Å². The molecule has 0 atom stereocenters. The maximum Gasteiger partial charge on any atom is 0.416 e. The summed E-state index contributed by atoms with van der Waals surface area (Å²) < 4.78 is 62.8. The zero-order chi connectivity index (χ0) is 17.5. The van der Waals surface area contributed by atoms with Gasteiger partial charge in [0, 0.05) is 17.1 Å². The first-order valence-corrected chi connectivity index (χ1v) is 8.75. The average Bonchev–Trinajstić information content (AvgIpc) is 2.97. The Morgan fingerprint density at radius 2 is 1.92 bits per heavy atom. The van der Waals surface area contributed by atoms with Crippen LogP contribution in [0.2, 0.25) is 0 Å². The normalized spacial score (nSPS) is 12.7. The Morgan fingerprint density at radius 3 is 2.58 bits per heavy atom. The first-order chi connectivity index (χ1) is 11.2. The average molecular weight is 354 g/mol. The molecular weight excluding hydrogens is 341 g/mol. The molecule has 0 aliphatic rings. The SMILES string of the molecule is CCS(=O)(=O)c1cccnc1-c1cc2cc(C(F)(F)F)ccc2[nH]1. The van der Waals surface area contributed by atoms with Crippen LogP contribution in [0, 0.1) is 0 Å². The largest absolute Gasteiger partial charge is 0.416 e. The summed E-state index contributed by atoms with van der Waals surface area (Å²) in [6, 6.07) is 7.74. The molecule has 126 valence electrons. The number of fused-ring (bicyclic) bond motifs is 1. The molecule has 0 saturated heterocycles. The molecule has 2 aromatic heterocycles. The van der Waals surface area contributed by atoms with E-state index >= 15 is 0 Å². The fourth-order valence-electron chi connectivity index (χ4n) is 2.44. The van der Waals surface area contributed by atoms with Crippen molar-refractivity contribution in [2.24, 2.45) is 0 Å². The van der Waals surface area contributed by atoms with E-state index in [9.17, 15) is 21.6 Å². The molecule has 0 saturated carbocycles. The second-order valence-corrected chi connectivity index (χ2v) is 7.48. The highest BCUT2D eigenvalue weighted by molar-refractivity contribution is 7.91. The monoisotopic (exact) mass is 354 g/mol. The van der Waals surface area contributed by atoms with Gasteiger partial charge in [-0.3, -0.25) is 4.98 Å². The summed E-state index contributed by atoms with van der Waals surface area (Å²) in [4.78, 5) is 7.08. The molecule has 8 heteroatoms. The number of rotatable bonds is 3. The zero-order valence-corrected chi connectivity index (χ0v) is 13.4. The topological polar surface area (TPSA) is 62.8 Å². The van der Waals surface area contributed by atoms with E-state index in [0.717, 1.165) is 12.1 Å². The van der Waals surface area contributed by atoms with Crippen LogP contribution < -0.4 is 0 Å². The van der Waals surface area contributed by atoms with Gasteiger partial charge in [-0.25, -0.2) is 8.42 Å². The van der Waals surface area contributed by atoms with Gasteiger partial charge in [-0.1, -0.05) is 6.92 Å². The van der Waals surface area contributed by atoms with E-state index < -0.39 is 21.6 Å². The molecular formula is C16H13F3N2O2S. The standard InChI is InChI=1S/C16H13F3N2O2S/c1-2-24(22,23)14-4-3-7-20-15(14)13-9-10-8-11(16(17,18)19)5-6-12(10)21-13/h3-9,21H,2H2,1H3. The third-order valence-corrected chi connectivity index (χ3v) is 5.45. The van der Waals surface area contributed by atoms with Crippen molar-refractivity contribution in [3.63, 3.8) is 0 Å². The van der Waals surface area contributed by atoms with Crippen LogP contribution in [0.4, 0.5) is 13.2 Å². The van der Waals surface area contributed by atoms with Crippen molar-refractivity contribution in [1.29, 1.82) is 0 Å². The van der Waals surface area contributed by atoms with Crippen molar-refractivity contribution in [3.8, 4) is 11.4 Å². The molecule has 4 nitrogen and oxygen atoms in total. The number of pyridine rings is 1. The number of benzene rings is 1. The lowest BCUT2D eigenvalue weighted by molar-refractivity contribution is -0.137. The molecule has 3 rings (SSSR count). The smallest absolute Gasteiger partial charge is 0.353 e. The predicted octanol–water partition coefficient (Wildman–Crippen LogP) is 4.04. The lowest BCUT2D eigenvalue weighted by Crippen LogP contribution is -2.06. The molecule has 2 heterocycles. The van der Waals surface area contributed by atoms with Crippen LogP contribution in [-0.4, -0.2) is 24.1 Å². The fraction of sp³-hybridized carbons (Fsp3) is 0.188. The molecule has 3 aromatic rings. The van der Waals surface area contributed by atoms with E-state index in [-0.39, 0.29) is 16.3 Å². The number of hydrogen-bond acceptors (Lipinski definition) is 3. The van der Waals surface area contributed by atoms with Gasteiger partial charge in [0.05, 0.1) is 21.9 Å². The van der Waals surface area contributed by atoms with Crippen molar-refractivity contribution >= 4 is 20.7 Å². The minimum absolute atomic E-state index is 0.0510. The van der Waals surface area contributed by atoms with Crippen LogP contribution in [0.1, 0.15) is 12.5 Å². The molecule has 0 amide bonds. The van der Waals surface area contributed by atoms with Crippen molar-refractivity contribution in [1.82, 2.24) is 9.97 Å². The molecule has 1 aromatic carbocycles. The first kappa shape index (κ1) is 16.5. The van der Waals surface area contributed by atoms with E-state index in [4.69, 9.17) is 0 Å². The van der Waals surface area contributed by atoms with E-state index in [2.05, 4.69) is 9.97 Å². The van der Waals surface area contributed by atoms with Crippen molar-refractivity contribution in [3.05, 3.63) is 48.2 Å². The van der Waals surface area contributed by atoms with Crippen LogP contribution >= 0.6 is 0 Å². The molecule has 0 bridgehead atoms. The van der Waals surface area contributed by atoms with Crippen molar-refractivity contribution < 1.29 is 21.6 Å². The molecule has 0 radical (unpaired) electrons. The second-order valence-electron chi connectivity index (χ2n) is 5.24. The van der Waals surface area contributed by atoms with Gasteiger partial charge in [0.15, 0.2) is 9.84 Å². The van der Waals surface area contributed by atoms with Crippen LogP contribution in [-0.2, 0) is 16.0 Å². The van der Waals surface area contributed by atoms with Gasteiger partial charge in [0.2, 0.25) is 0 Å². The summed E-state index contributed by atoms with van der Waals surface area (Å²) in [6.45, 7) is 1.52. The number of aromatic amines is 1. The van der Waals surface area contributed by atoms with Crippen LogP contribution in [0.25, 0.3) is 22.3 Å². The van der Waals surface area contributed by atoms with E-state index in [1.165, 1.54) is 37.4 Å². The number of nitrogens with zero attached hydrogens (tertiary/aromatic N) is 1. The summed E-state index contributed by atoms with van der Waals surface area (Å²) in [7, 11) is -3.51. The Balaban J connectivity index is 2.18.